The predicted molar refractivity (Wildman–Crippen MR) is 144 cm³/mol. The maximum Gasteiger partial charge on any atom is 0.295 e. The van der Waals surface area contributed by atoms with Crippen LogP contribution < -0.4 is 15.2 Å². The van der Waals surface area contributed by atoms with Crippen molar-refractivity contribution >= 4 is 23.4 Å². The molecule has 4 rings (SSSR count). The van der Waals surface area contributed by atoms with E-state index in [0.717, 1.165) is 25.1 Å². The van der Waals surface area contributed by atoms with E-state index in [2.05, 4.69) is 4.90 Å². The van der Waals surface area contributed by atoms with Crippen molar-refractivity contribution in [2.45, 2.75) is 26.3 Å². The zero-order valence-electron chi connectivity index (χ0n) is 22.4. The minimum Gasteiger partial charge on any atom is -0.507 e. The molecule has 2 amide bonds. The number of hydrogen-bond donors (Lipinski definition) is 2. The fourth-order valence-corrected chi connectivity index (χ4v) is 4.79. The Morgan fingerprint density at radius 2 is 1.74 bits per heavy atom. The van der Waals surface area contributed by atoms with Gasteiger partial charge in [-0.15, -0.1) is 0 Å². The largest absolute Gasteiger partial charge is 0.507 e. The zero-order chi connectivity index (χ0) is 27.9. The lowest BCUT2D eigenvalue weighted by Gasteiger charge is -2.31. The first kappa shape index (κ1) is 28.1. The van der Waals surface area contributed by atoms with Gasteiger partial charge < -0.3 is 30.0 Å². The van der Waals surface area contributed by atoms with Crippen molar-refractivity contribution in [3.63, 3.8) is 0 Å². The van der Waals surface area contributed by atoms with Gasteiger partial charge >= 0.3 is 0 Å². The topological polar surface area (TPSA) is 132 Å². The highest BCUT2D eigenvalue weighted by Gasteiger charge is 2.46. The number of likely N-dealkylation sites (tertiary alicyclic amines) is 1. The van der Waals surface area contributed by atoms with Gasteiger partial charge in [0.05, 0.1) is 31.4 Å². The number of aliphatic hydroxyl groups excluding tert-OH is 1. The summed E-state index contributed by atoms with van der Waals surface area (Å²) in [5.41, 5.74) is 6.99. The monoisotopic (exact) mass is 537 g/mol. The molecule has 2 saturated heterocycles. The molecule has 10 heteroatoms. The molecule has 2 heterocycles. The quantitative estimate of drug-likeness (QED) is 0.254. The van der Waals surface area contributed by atoms with E-state index in [-0.39, 0.29) is 17.9 Å². The van der Waals surface area contributed by atoms with E-state index in [4.69, 9.17) is 19.9 Å². The maximum absolute atomic E-state index is 13.4. The Labute approximate surface area is 227 Å². The van der Waals surface area contributed by atoms with Crippen LogP contribution in [-0.2, 0) is 19.1 Å². The van der Waals surface area contributed by atoms with Gasteiger partial charge in [0.25, 0.3) is 17.6 Å². The number of aliphatic hydroxyl groups is 1. The molecule has 0 bridgehead atoms. The number of Topliss-reactive ketones (excluding diaryl/α,β-unsaturated/α-hetero) is 1. The third kappa shape index (κ3) is 6.58. The number of nitrogens with zero attached hydrogens (tertiary/aromatic N) is 2. The van der Waals surface area contributed by atoms with Gasteiger partial charge in [0.15, 0.2) is 6.61 Å². The lowest BCUT2D eigenvalue weighted by Crippen LogP contribution is -2.42. The number of ketones is 1. The molecule has 0 saturated carbocycles. The van der Waals surface area contributed by atoms with Crippen molar-refractivity contribution in [2.75, 3.05) is 52.6 Å². The molecule has 2 aromatic rings. The summed E-state index contributed by atoms with van der Waals surface area (Å²) in [6.45, 7) is 7.72. The lowest BCUT2D eigenvalue weighted by molar-refractivity contribution is -0.140. The van der Waals surface area contributed by atoms with Crippen LogP contribution in [0.5, 0.6) is 11.5 Å². The molecule has 1 unspecified atom stereocenters. The van der Waals surface area contributed by atoms with Crippen LogP contribution in [-0.4, -0.2) is 85.1 Å². The van der Waals surface area contributed by atoms with Gasteiger partial charge in [-0.25, -0.2) is 0 Å². The van der Waals surface area contributed by atoms with Crippen LogP contribution in [0.3, 0.4) is 0 Å². The summed E-state index contributed by atoms with van der Waals surface area (Å²) in [6, 6.07) is 11.2. The van der Waals surface area contributed by atoms with Crippen LogP contribution in [0.25, 0.3) is 5.76 Å². The van der Waals surface area contributed by atoms with Crippen LogP contribution in [0.2, 0.25) is 0 Å². The average Bonchev–Trinajstić information content (AvgIpc) is 3.19. The lowest BCUT2D eigenvalue weighted by atomic mass is 9.94. The maximum atomic E-state index is 13.4. The number of benzene rings is 2. The second-order valence-electron chi connectivity index (χ2n) is 9.60. The molecule has 3 N–H and O–H groups in total. The van der Waals surface area contributed by atoms with E-state index in [1.807, 2.05) is 13.8 Å². The molecular weight excluding hydrogens is 502 g/mol. The fraction of sp³-hybridized carbons (Fsp3) is 0.414. The van der Waals surface area contributed by atoms with Crippen LogP contribution >= 0.6 is 0 Å². The Kier molecular flexibility index (Phi) is 9.21. The van der Waals surface area contributed by atoms with Crippen molar-refractivity contribution in [3.05, 3.63) is 64.7 Å². The number of hydrogen-bond acceptors (Lipinski definition) is 8. The van der Waals surface area contributed by atoms with E-state index >= 15 is 0 Å². The predicted octanol–water partition coefficient (Wildman–Crippen LogP) is 2.40. The average molecular weight is 538 g/mol. The van der Waals surface area contributed by atoms with Crippen molar-refractivity contribution in [3.8, 4) is 11.5 Å². The second kappa shape index (κ2) is 12.8. The Morgan fingerprint density at radius 3 is 2.38 bits per heavy atom. The Bertz CT molecular complexity index is 1240. The number of primary amides is 1. The first-order chi connectivity index (χ1) is 18.8. The molecule has 208 valence electrons. The Morgan fingerprint density at radius 1 is 1.05 bits per heavy atom. The summed E-state index contributed by atoms with van der Waals surface area (Å²) in [6.07, 6.45) is 0.862. The van der Waals surface area contributed by atoms with Crippen molar-refractivity contribution in [1.82, 2.24) is 9.80 Å². The molecule has 0 radical (unpaired) electrons. The van der Waals surface area contributed by atoms with Crippen molar-refractivity contribution in [2.24, 2.45) is 5.73 Å². The summed E-state index contributed by atoms with van der Waals surface area (Å²) in [5, 5.41) is 11.5. The number of amides is 2. The highest BCUT2D eigenvalue weighted by molar-refractivity contribution is 6.46. The highest BCUT2D eigenvalue weighted by atomic mass is 16.5. The Hall–Kier alpha value is -3.89. The first-order valence-electron chi connectivity index (χ1n) is 13.1. The smallest absolute Gasteiger partial charge is 0.295 e. The molecule has 0 spiro atoms. The zero-order valence-corrected chi connectivity index (χ0v) is 22.4. The van der Waals surface area contributed by atoms with Crippen molar-refractivity contribution in [1.29, 1.82) is 0 Å². The molecule has 1 atom stereocenters. The molecule has 39 heavy (non-hydrogen) atoms. The molecule has 0 aliphatic carbocycles. The minimum absolute atomic E-state index is 0.0260. The van der Waals surface area contributed by atoms with Crippen LogP contribution in [0, 0.1) is 6.92 Å². The minimum atomic E-state index is -0.799. The summed E-state index contributed by atoms with van der Waals surface area (Å²) < 4.78 is 16.5. The molecule has 2 fully saturated rings. The molecule has 2 aromatic carbocycles. The highest BCUT2D eigenvalue weighted by Crippen LogP contribution is 2.40. The number of ether oxygens (including phenoxy) is 3. The summed E-state index contributed by atoms with van der Waals surface area (Å²) in [7, 11) is 0. The van der Waals surface area contributed by atoms with Gasteiger partial charge in [-0.2, -0.15) is 0 Å². The number of carbonyl (C=O) groups excluding carboxylic acids is 3. The second-order valence-corrected chi connectivity index (χ2v) is 9.60. The molecule has 0 aromatic heterocycles. The normalized spacial score (nSPS) is 19.3. The summed E-state index contributed by atoms with van der Waals surface area (Å²) in [5.74, 6) is -1.15. The number of rotatable bonds is 11. The van der Waals surface area contributed by atoms with E-state index < -0.39 is 23.6 Å². The van der Waals surface area contributed by atoms with Gasteiger partial charge in [0.1, 0.15) is 17.3 Å². The molecular formula is C29H35N3O7. The van der Waals surface area contributed by atoms with Crippen LogP contribution in [0.15, 0.2) is 48.0 Å². The third-order valence-electron chi connectivity index (χ3n) is 6.80. The van der Waals surface area contributed by atoms with Crippen LogP contribution in [0.1, 0.15) is 36.1 Å². The van der Waals surface area contributed by atoms with Crippen molar-refractivity contribution < 1.29 is 33.7 Å². The number of morpholine rings is 1. The van der Waals surface area contributed by atoms with E-state index in [0.29, 0.717) is 55.5 Å². The number of nitrogens with two attached hydrogens (primary N) is 1. The van der Waals surface area contributed by atoms with E-state index in [1.54, 1.807) is 42.5 Å². The van der Waals surface area contributed by atoms with E-state index in [9.17, 15) is 19.5 Å². The first-order valence-corrected chi connectivity index (χ1v) is 13.1. The number of carbonyl (C=O) groups is 3. The van der Waals surface area contributed by atoms with Gasteiger partial charge in [-0.3, -0.25) is 19.3 Å². The van der Waals surface area contributed by atoms with Gasteiger partial charge in [-0.1, -0.05) is 19.1 Å². The van der Waals surface area contributed by atoms with E-state index in [1.165, 1.54) is 4.90 Å². The molecule has 2 aliphatic heterocycles. The van der Waals surface area contributed by atoms with Crippen LogP contribution in [0.4, 0.5) is 0 Å². The van der Waals surface area contributed by atoms with Gasteiger partial charge in [0, 0.05) is 31.7 Å². The third-order valence-corrected chi connectivity index (χ3v) is 6.80. The summed E-state index contributed by atoms with van der Waals surface area (Å²) >= 11 is 0. The van der Waals surface area contributed by atoms with Gasteiger partial charge in [-0.05, 0) is 54.8 Å². The van der Waals surface area contributed by atoms with Gasteiger partial charge in [0.2, 0.25) is 0 Å². The fourth-order valence-electron chi connectivity index (χ4n) is 4.79. The number of aryl methyl sites for hydroxylation is 1. The summed E-state index contributed by atoms with van der Waals surface area (Å²) in [4.78, 5) is 41.5. The standard InChI is InChI=1S/C29H35N3O7/c1-3-14-38-22-8-9-23(19(2)17-22)27(34)25-26(20-4-6-21(7-5-20)39-18-24(30)33)32(29(36)28(25)35)11-10-31-12-15-37-16-13-31/h4-9,17,26,34H,3,10-16,18H2,1-2H3,(H2,30,33)/b27-25+. The Balaban J connectivity index is 1.70. The SMILES string of the molecule is CCCOc1ccc(/C(O)=C2\C(=O)C(=O)N(CCN3CCOCC3)C2c2ccc(OCC(N)=O)cc2)c(C)c1. The molecule has 10 nitrogen and oxygen atoms in total. The molecule has 2 aliphatic rings.